The van der Waals surface area contributed by atoms with Crippen LogP contribution < -0.4 is 4.74 Å². The maximum atomic E-state index is 9.33. The number of aromatic nitrogens is 4. The van der Waals surface area contributed by atoms with Gasteiger partial charge in [-0.25, -0.2) is 4.98 Å². The number of fused-ring (bicyclic) bond motifs is 1. The zero-order chi connectivity index (χ0) is 11.7. The summed E-state index contributed by atoms with van der Waals surface area (Å²) in [5, 5.41) is 13.5. The van der Waals surface area contributed by atoms with Gasteiger partial charge in [-0.05, 0) is 18.5 Å². The van der Waals surface area contributed by atoms with E-state index in [9.17, 15) is 5.11 Å². The Labute approximate surface area is 96.8 Å². The molecule has 86 valence electrons. The van der Waals surface area contributed by atoms with E-state index >= 15 is 0 Å². The van der Waals surface area contributed by atoms with Crippen LogP contribution in [-0.2, 0) is 6.54 Å². The van der Waals surface area contributed by atoms with Crippen molar-refractivity contribution in [1.82, 2.24) is 19.7 Å². The maximum absolute atomic E-state index is 9.33. The molecular formula is C9H11ClN4O2. The van der Waals surface area contributed by atoms with Gasteiger partial charge in [0.05, 0.1) is 26.0 Å². The molecule has 0 bridgehead atoms. The van der Waals surface area contributed by atoms with Crippen molar-refractivity contribution in [3.8, 4) is 5.88 Å². The van der Waals surface area contributed by atoms with Crippen LogP contribution >= 0.6 is 11.6 Å². The largest absolute Gasteiger partial charge is 0.479 e. The van der Waals surface area contributed by atoms with Crippen LogP contribution in [0, 0.1) is 0 Å². The standard InChI is InChI=1S/C9H11ClN4O2/c1-5(15)4-14-7-6(3-11-14)12-9(10)13-8(7)16-2/h3,5,15H,4H2,1-2H3/t5-/m1/s1. The van der Waals surface area contributed by atoms with Crippen molar-refractivity contribution in [3.05, 3.63) is 11.5 Å². The summed E-state index contributed by atoms with van der Waals surface area (Å²) in [6.45, 7) is 2.03. The number of hydrogen-bond acceptors (Lipinski definition) is 5. The summed E-state index contributed by atoms with van der Waals surface area (Å²) in [5.74, 6) is 0.355. The Morgan fingerprint density at radius 3 is 2.94 bits per heavy atom. The van der Waals surface area contributed by atoms with Crippen LogP contribution in [0.2, 0.25) is 5.28 Å². The number of aliphatic hydroxyl groups is 1. The van der Waals surface area contributed by atoms with Gasteiger partial charge in [-0.2, -0.15) is 10.1 Å². The molecule has 0 unspecified atom stereocenters. The second kappa shape index (κ2) is 4.23. The Kier molecular flexibility index (Phi) is 2.93. The summed E-state index contributed by atoms with van der Waals surface area (Å²) in [4.78, 5) is 7.97. The molecule has 0 radical (unpaired) electrons. The van der Waals surface area contributed by atoms with E-state index in [4.69, 9.17) is 16.3 Å². The highest BCUT2D eigenvalue weighted by atomic mass is 35.5. The van der Waals surface area contributed by atoms with Crippen molar-refractivity contribution in [3.63, 3.8) is 0 Å². The van der Waals surface area contributed by atoms with Gasteiger partial charge >= 0.3 is 0 Å². The van der Waals surface area contributed by atoms with E-state index in [2.05, 4.69) is 15.1 Å². The van der Waals surface area contributed by atoms with Crippen LogP contribution in [0.1, 0.15) is 6.92 Å². The molecule has 2 aromatic heterocycles. The number of halogens is 1. The second-order valence-corrected chi connectivity index (χ2v) is 3.75. The van der Waals surface area contributed by atoms with Crippen molar-refractivity contribution in [2.45, 2.75) is 19.6 Å². The van der Waals surface area contributed by atoms with Crippen molar-refractivity contribution in [2.75, 3.05) is 7.11 Å². The topological polar surface area (TPSA) is 73.1 Å². The van der Waals surface area contributed by atoms with Gasteiger partial charge in [-0.1, -0.05) is 0 Å². The molecule has 2 heterocycles. The van der Waals surface area contributed by atoms with Gasteiger partial charge in [-0.3, -0.25) is 4.68 Å². The molecule has 1 atom stereocenters. The first kappa shape index (κ1) is 11.1. The smallest absolute Gasteiger partial charge is 0.244 e. The number of nitrogens with zero attached hydrogens (tertiary/aromatic N) is 4. The van der Waals surface area contributed by atoms with Crippen LogP contribution in [0.15, 0.2) is 6.20 Å². The third-order valence-corrected chi connectivity index (χ3v) is 2.23. The fourth-order valence-corrected chi connectivity index (χ4v) is 1.64. The highest BCUT2D eigenvalue weighted by Crippen LogP contribution is 2.23. The van der Waals surface area contributed by atoms with Gasteiger partial charge in [0.15, 0.2) is 0 Å². The van der Waals surface area contributed by atoms with Crippen LogP contribution in [0.25, 0.3) is 11.0 Å². The number of ether oxygens (including phenoxy) is 1. The molecule has 1 N–H and O–H groups in total. The molecule has 0 saturated carbocycles. The number of aliphatic hydroxyl groups excluding tert-OH is 1. The molecule has 0 aliphatic rings. The van der Waals surface area contributed by atoms with Gasteiger partial charge in [0.2, 0.25) is 11.2 Å². The number of hydrogen-bond donors (Lipinski definition) is 1. The lowest BCUT2D eigenvalue weighted by atomic mass is 10.4. The Bertz CT molecular complexity index is 511. The first-order valence-corrected chi connectivity index (χ1v) is 5.10. The van der Waals surface area contributed by atoms with E-state index in [0.717, 1.165) is 0 Å². The minimum Gasteiger partial charge on any atom is -0.479 e. The SMILES string of the molecule is COc1nc(Cl)nc2cnn(C[C@@H](C)O)c12. The van der Waals surface area contributed by atoms with E-state index in [-0.39, 0.29) is 5.28 Å². The minimum atomic E-state index is -0.511. The molecule has 0 saturated heterocycles. The fraction of sp³-hybridized carbons (Fsp3) is 0.444. The van der Waals surface area contributed by atoms with Crippen LogP contribution in [-0.4, -0.2) is 38.1 Å². The second-order valence-electron chi connectivity index (χ2n) is 3.41. The molecule has 2 aromatic rings. The van der Waals surface area contributed by atoms with E-state index in [1.54, 1.807) is 17.8 Å². The van der Waals surface area contributed by atoms with Gasteiger partial charge < -0.3 is 9.84 Å². The summed E-state index contributed by atoms with van der Waals surface area (Å²) in [5.41, 5.74) is 1.23. The molecule has 0 aliphatic carbocycles. The summed E-state index contributed by atoms with van der Waals surface area (Å²) >= 11 is 5.73. The van der Waals surface area contributed by atoms with E-state index < -0.39 is 6.10 Å². The van der Waals surface area contributed by atoms with E-state index in [0.29, 0.717) is 23.5 Å². The number of methoxy groups -OCH3 is 1. The molecule has 0 spiro atoms. The Balaban J connectivity index is 2.60. The third-order valence-electron chi connectivity index (χ3n) is 2.06. The fourth-order valence-electron chi connectivity index (χ4n) is 1.47. The van der Waals surface area contributed by atoms with Crippen molar-refractivity contribution in [1.29, 1.82) is 0 Å². The first-order valence-electron chi connectivity index (χ1n) is 4.73. The molecule has 7 heteroatoms. The Morgan fingerprint density at radius 2 is 2.31 bits per heavy atom. The highest BCUT2D eigenvalue weighted by molar-refractivity contribution is 6.28. The zero-order valence-electron chi connectivity index (χ0n) is 8.88. The predicted molar refractivity (Wildman–Crippen MR) is 58.6 cm³/mol. The lowest BCUT2D eigenvalue weighted by molar-refractivity contribution is 0.170. The number of rotatable bonds is 3. The quantitative estimate of drug-likeness (QED) is 0.809. The lowest BCUT2D eigenvalue weighted by Crippen LogP contribution is -2.13. The van der Waals surface area contributed by atoms with Gasteiger partial charge in [0.1, 0.15) is 11.0 Å². The molecule has 0 fully saturated rings. The maximum Gasteiger partial charge on any atom is 0.244 e. The molecule has 2 rings (SSSR count). The summed E-state index contributed by atoms with van der Waals surface area (Å²) in [6.07, 6.45) is 1.05. The summed E-state index contributed by atoms with van der Waals surface area (Å²) in [7, 11) is 1.50. The van der Waals surface area contributed by atoms with Crippen LogP contribution in [0.3, 0.4) is 0 Å². The Morgan fingerprint density at radius 1 is 1.56 bits per heavy atom. The molecule has 16 heavy (non-hydrogen) atoms. The Hall–Kier alpha value is -1.40. The molecule has 6 nitrogen and oxygen atoms in total. The minimum absolute atomic E-state index is 0.112. The average Bonchev–Trinajstić information content (AvgIpc) is 2.59. The highest BCUT2D eigenvalue weighted by Gasteiger charge is 2.14. The normalized spacial score (nSPS) is 13.0. The predicted octanol–water partition coefficient (Wildman–Crippen LogP) is 0.869. The van der Waals surface area contributed by atoms with Crippen molar-refractivity contribution < 1.29 is 9.84 Å². The molecule has 0 aromatic carbocycles. The van der Waals surface area contributed by atoms with Gasteiger partial charge in [0.25, 0.3) is 0 Å². The lowest BCUT2D eigenvalue weighted by Gasteiger charge is -2.07. The summed E-state index contributed by atoms with van der Waals surface area (Å²) < 4.78 is 6.70. The monoisotopic (exact) mass is 242 g/mol. The molecular weight excluding hydrogens is 232 g/mol. The van der Waals surface area contributed by atoms with E-state index in [1.165, 1.54) is 7.11 Å². The molecule has 0 aliphatic heterocycles. The van der Waals surface area contributed by atoms with Gasteiger partial charge in [-0.15, -0.1) is 0 Å². The van der Waals surface area contributed by atoms with Crippen LogP contribution in [0.5, 0.6) is 5.88 Å². The van der Waals surface area contributed by atoms with Crippen LogP contribution in [0.4, 0.5) is 0 Å². The first-order chi connectivity index (χ1) is 7.61. The van der Waals surface area contributed by atoms with E-state index in [1.807, 2.05) is 0 Å². The average molecular weight is 243 g/mol. The summed E-state index contributed by atoms with van der Waals surface area (Å²) in [6, 6.07) is 0. The molecule has 0 amide bonds. The van der Waals surface area contributed by atoms with Gasteiger partial charge in [0, 0.05) is 0 Å². The van der Waals surface area contributed by atoms with Crippen molar-refractivity contribution >= 4 is 22.6 Å². The zero-order valence-corrected chi connectivity index (χ0v) is 9.64. The van der Waals surface area contributed by atoms with Crippen molar-refractivity contribution in [2.24, 2.45) is 0 Å². The third kappa shape index (κ3) is 1.94.